The number of benzene rings is 1. The fourth-order valence-corrected chi connectivity index (χ4v) is 2.28. The second-order valence-electron chi connectivity index (χ2n) is 3.83. The zero-order valence-corrected chi connectivity index (χ0v) is 17.3. The first-order chi connectivity index (χ1) is 10.7. The third kappa shape index (κ3) is 19.1. The summed E-state index contributed by atoms with van der Waals surface area (Å²) in [4.78, 5) is 12.8. The number of piperidine rings is 1. The highest BCUT2D eigenvalue weighted by Gasteiger charge is 2.21. The summed E-state index contributed by atoms with van der Waals surface area (Å²) < 4.78 is 0. The molecular formula is C19H37BNOS. The predicted molar refractivity (Wildman–Crippen MR) is 110 cm³/mol. The van der Waals surface area contributed by atoms with Crippen molar-refractivity contribution in [3.8, 4) is 0 Å². The number of nitrogens with zero attached hydrogens (tertiary/aromatic N) is 1. The summed E-state index contributed by atoms with van der Waals surface area (Å²) in [5.74, 6) is 0.297. The maximum absolute atomic E-state index is 11.0. The summed E-state index contributed by atoms with van der Waals surface area (Å²) in [5.41, 5.74) is 0. The van der Waals surface area contributed by atoms with Gasteiger partial charge in [0, 0.05) is 33.7 Å². The Hall–Kier alpha value is -0.895. The normalized spacial score (nSPS) is 14.7. The zero-order valence-electron chi connectivity index (χ0n) is 16.5. The Labute approximate surface area is 152 Å². The van der Waals surface area contributed by atoms with Crippen molar-refractivity contribution >= 4 is 26.1 Å². The molecule has 23 heavy (non-hydrogen) atoms. The number of rotatable bonds is 1. The van der Waals surface area contributed by atoms with Gasteiger partial charge in [0.2, 0.25) is 5.91 Å². The number of thioether (sulfide) groups is 1. The summed E-state index contributed by atoms with van der Waals surface area (Å²) in [7, 11) is 1.88. The van der Waals surface area contributed by atoms with Crippen molar-refractivity contribution in [1.29, 1.82) is 0 Å². The molecule has 0 aliphatic carbocycles. The molecule has 1 aromatic rings. The van der Waals surface area contributed by atoms with E-state index in [-0.39, 0.29) is 8.41 Å². The first-order valence-electron chi connectivity index (χ1n) is 8.51. The molecule has 0 saturated carbocycles. The quantitative estimate of drug-likeness (QED) is 0.643. The van der Waals surface area contributed by atoms with E-state index >= 15 is 0 Å². The van der Waals surface area contributed by atoms with E-state index in [1.54, 1.807) is 0 Å². The van der Waals surface area contributed by atoms with E-state index in [4.69, 9.17) is 0 Å². The van der Waals surface area contributed by atoms with Crippen LogP contribution < -0.4 is 0 Å². The number of hydrogen-bond donors (Lipinski definition) is 0. The molecule has 0 spiro atoms. The molecule has 1 aliphatic heterocycles. The summed E-state index contributed by atoms with van der Waals surface area (Å²) in [5, 5.41) is 0.669. The topological polar surface area (TPSA) is 20.3 Å². The van der Waals surface area contributed by atoms with Crippen molar-refractivity contribution in [3.63, 3.8) is 0 Å². The van der Waals surface area contributed by atoms with Crippen LogP contribution in [-0.2, 0) is 4.79 Å². The molecule has 2 rings (SSSR count). The van der Waals surface area contributed by atoms with Gasteiger partial charge in [0.1, 0.15) is 0 Å². The lowest BCUT2D eigenvalue weighted by atomic mass is 10.1. The van der Waals surface area contributed by atoms with Crippen molar-refractivity contribution in [2.75, 3.05) is 19.8 Å². The van der Waals surface area contributed by atoms with Crippen LogP contribution in [0.1, 0.15) is 54.4 Å². The van der Waals surface area contributed by atoms with Gasteiger partial charge >= 0.3 is 0 Å². The first-order valence-corrected chi connectivity index (χ1v) is 9.79. The van der Waals surface area contributed by atoms with E-state index in [1.165, 1.54) is 0 Å². The van der Waals surface area contributed by atoms with Gasteiger partial charge in [-0.2, -0.15) is 11.8 Å². The average molecular weight is 338 g/mol. The molecule has 1 fully saturated rings. The van der Waals surface area contributed by atoms with Crippen LogP contribution in [0.5, 0.6) is 0 Å². The molecule has 0 N–H and O–H groups in total. The fraction of sp³-hybridized carbons (Fsp3) is 0.632. The van der Waals surface area contributed by atoms with E-state index in [0.29, 0.717) is 11.2 Å². The number of amides is 1. The molecule has 0 aromatic heterocycles. The van der Waals surface area contributed by atoms with Crippen LogP contribution in [0.15, 0.2) is 36.4 Å². The molecule has 1 unspecified atom stereocenters. The smallest absolute Gasteiger partial charge is 0.222 e. The summed E-state index contributed by atoms with van der Waals surface area (Å²) in [6.07, 6.45) is 3.90. The minimum Gasteiger partial charge on any atom is -0.345 e. The summed E-state index contributed by atoms with van der Waals surface area (Å²) >= 11 is 1.86. The SMILES string of the molecule is CC.CC.CC.CSC1CCC(=O)N(C)C1.[B].c1ccccc1. The highest BCUT2D eigenvalue weighted by molar-refractivity contribution is 7.99. The Kier molecular flexibility index (Phi) is 34.0. The molecule has 1 saturated heterocycles. The Morgan fingerprint density at radius 1 is 0.913 bits per heavy atom. The second-order valence-corrected chi connectivity index (χ2v) is 4.96. The van der Waals surface area contributed by atoms with Gasteiger partial charge in [0.25, 0.3) is 0 Å². The minimum absolute atomic E-state index is 0. The predicted octanol–water partition coefficient (Wildman–Crippen LogP) is 5.35. The van der Waals surface area contributed by atoms with Crippen molar-refractivity contribution in [3.05, 3.63) is 36.4 Å². The van der Waals surface area contributed by atoms with Crippen LogP contribution in [-0.4, -0.2) is 44.3 Å². The van der Waals surface area contributed by atoms with Gasteiger partial charge in [-0.3, -0.25) is 4.79 Å². The Balaban J connectivity index is -0.000000120. The van der Waals surface area contributed by atoms with Gasteiger partial charge in [0.15, 0.2) is 0 Å². The number of hydrogen-bond acceptors (Lipinski definition) is 2. The van der Waals surface area contributed by atoms with E-state index < -0.39 is 0 Å². The number of likely N-dealkylation sites (tertiary alicyclic amines) is 1. The molecular weight excluding hydrogens is 301 g/mol. The van der Waals surface area contributed by atoms with Crippen LogP contribution in [0.3, 0.4) is 0 Å². The van der Waals surface area contributed by atoms with Crippen molar-refractivity contribution in [2.45, 2.75) is 59.6 Å². The molecule has 1 amide bonds. The van der Waals surface area contributed by atoms with E-state index in [1.807, 2.05) is 102 Å². The average Bonchev–Trinajstić information content (AvgIpc) is 2.64. The molecule has 0 bridgehead atoms. The third-order valence-electron chi connectivity index (χ3n) is 2.58. The lowest BCUT2D eigenvalue weighted by molar-refractivity contribution is -0.131. The van der Waals surface area contributed by atoms with Gasteiger partial charge in [-0.25, -0.2) is 0 Å². The van der Waals surface area contributed by atoms with Gasteiger partial charge in [-0.05, 0) is 12.7 Å². The largest absolute Gasteiger partial charge is 0.345 e. The van der Waals surface area contributed by atoms with Crippen molar-refractivity contribution < 1.29 is 4.79 Å². The van der Waals surface area contributed by atoms with Crippen LogP contribution in [0, 0.1) is 0 Å². The minimum atomic E-state index is 0. The Morgan fingerprint density at radius 3 is 1.52 bits per heavy atom. The molecule has 133 valence electrons. The van der Waals surface area contributed by atoms with Crippen LogP contribution in [0.2, 0.25) is 0 Å². The van der Waals surface area contributed by atoms with Crippen molar-refractivity contribution in [1.82, 2.24) is 4.90 Å². The van der Waals surface area contributed by atoms with E-state index in [2.05, 4.69) is 6.26 Å². The highest BCUT2D eigenvalue weighted by Crippen LogP contribution is 2.19. The van der Waals surface area contributed by atoms with Crippen LogP contribution in [0.25, 0.3) is 0 Å². The zero-order chi connectivity index (χ0) is 17.8. The molecule has 3 radical (unpaired) electrons. The fourth-order valence-electron chi connectivity index (χ4n) is 1.55. The molecule has 4 heteroatoms. The highest BCUT2D eigenvalue weighted by atomic mass is 32.2. The van der Waals surface area contributed by atoms with Gasteiger partial charge < -0.3 is 4.90 Å². The molecule has 2 nitrogen and oxygen atoms in total. The maximum atomic E-state index is 11.0. The van der Waals surface area contributed by atoms with E-state index in [0.717, 1.165) is 19.4 Å². The van der Waals surface area contributed by atoms with Gasteiger partial charge in [-0.15, -0.1) is 0 Å². The number of carbonyl (C=O) groups excluding carboxylic acids is 1. The maximum Gasteiger partial charge on any atom is 0.222 e. The lowest BCUT2D eigenvalue weighted by Gasteiger charge is -2.28. The summed E-state index contributed by atoms with van der Waals surface area (Å²) in [6, 6.07) is 12.0. The van der Waals surface area contributed by atoms with E-state index in [9.17, 15) is 4.79 Å². The second kappa shape index (κ2) is 26.0. The molecule has 1 aromatic carbocycles. The van der Waals surface area contributed by atoms with Crippen LogP contribution in [0.4, 0.5) is 0 Å². The Bertz CT molecular complexity index is 283. The summed E-state index contributed by atoms with van der Waals surface area (Å²) in [6.45, 7) is 12.9. The Morgan fingerprint density at radius 2 is 1.26 bits per heavy atom. The van der Waals surface area contributed by atoms with Crippen LogP contribution >= 0.6 is 11.8 Å². The third-order valence-corrected chi connectivity index (χ3v) is 3.63. The first kappa shape index (κ1) is 30.0. The molecule has 1 aliphatic rings. The molecule has 1 heterocycles. The lowest BCUT2D eigenvalue weighted by Crippen LogP contribution is -2.38. The number of carbonyl (C=O) groups is 1. The van der Waals surface area contributed by atoms with Gasteiger partial charge in [-0.1, -0.05) is 77.9 Å². The molecule has 1 atom stereocenters. The van der Waals surface area contributed by atoms with Gasteiger partial charge in [0.05, 0.1) is 0 Å². The standard InChI is InChI=1S/C7H13NOS.C6H6.3C2H6.B/c1-8-5-6(10-2)3-4-7(8)9;1-2-4-6-5-3-1;3*1-2;/h6H,3-5H2,1-2H3;1-6H;3*1-2H3;. The van der Waals surface area contributed by atoms with Crippen molar-refractivity contribution in [2.24, 2.45) is 0 Å². The monoisotopic (exact) mass is 338 g/mol.